The number of hydrogen-bond acceptors (Lipinski definition) is 3. The first-order chi connectivity index (χ1) is 20.3. The third kappa shape index (κ3) is 6.22. The Kier molecular flexibility index (Phi) is 7.88. The van der Waals surface area contributed by atoms with E-state index in [1.807, 2.05) is 48.5 Å². The molecular formula is C38H31NO2. The quantitative estimate of drug-likeness (QED) is 0.184. The van der Waals surface area contributed by atoms with E-state index in [9.17, 15) is 0 Å². The summed E-state index contributed by atoms with van der Waals surface area (Å²) < 4.78 is 11.5. The number of anilines is 3. The molecule has 0 bridgehead atoms. The Morgan fingerprint density at radius 2 is 0.951 bits per heavy atom. The van der Waals surface area contributed by atoms with E-state index in [0.29, 0.717) is 6.61 Å². The maximum absolute atomic E-state index is 6.26. The van der Waals surface area contributed by atoms with Crippen molar-refractivity contribution in [3.63, 3.8) is 0 Å². The molecule has 0 heterocycles. The van der Waals surface area contributed by atoms with Gasteiger partial charge in [-0.15, -0.1) is 0 Å². The van der Waals surface area contributed by atoms with Crippen LogP contribution < -0.4 is 9.64 Å². The molecule has 0 radical (unpaired) electrons. The molecule has 3 nitrogen and oxygen atoms in total. The molecule has 41 heavy (non-hydrogen) atoms. The minimum absolute atomic E-state index is 0.580. The summed E-state index contributed by atoms with van der Waals surface area (Å²) in [7, 11) is 1.70. The molecule has 0 saturated heterocycles. The van der Waals surface area contributed by atoms with Crippen LogP contribution in [0.3, 0.4) is 0 Å². The molecule has 0 aliphatic carbocycles. The van der Waals surface area contributed by atoms with Crippen molar-refractivity contribution in [3.05, 3.63) is 163 Å². The Bertz CT molecular complexity index is 1600. The first-order valence-electron chi connectivity index (χ1n) is 13.7. The summed E-state index contributed by atoms with van der Waals surface area (Å²) in [6, 6.07) is 54.6. The largest absolute Gasteiger partial charge is 0.457 e. The van der Waals surface area contributed by atoms with Crippen molar-refractivity contribution >= 4 is 17.1 Å². The van der Waals surface area contributed by atoms with Gasteiger partial charge in [-0.3, -0.25) is 0 Å². The van der Waals surface area contributed by atoms with Crippen LogP contribution in [0.15, 0.2) is 158 Å². The van der Waals surface area contributed by atoms with Crippen molar-refractivity contribution in [2.75, 3.05) is 12.0 Å². The number of hydrogen-bond donors (Lipinski definition) is 0. The number of rotatable bonds is 9. The molecular weight excluding hydrogens is 502 g/mol. The van der Waals surface area contributed by atoms with E-state index in [1.54, 1.807) is 7.11 Å². The molecule has 6 aromatic rings. The highest BCUT2D eigenvalue weighted by Gasteiger charge is 2.14. The van der Waals surface area contributed by atoms with E-state index in [2.05, 4.69) is 114 Å². The van der Waals surface area contributed by atoms with Crippen LogP contribution in [-0.4, -0.2) is 7.11 Å². The number of ether oxygens (including phenoxy) is 2. The van der Waals surface area contributed by atoms with Crippen molar-refractivity contribution in [2.45, 2.75) is 6.61 Å². The summed E-state index contributed by atoms with van der Waals surface area (Å²) in [6.45, 7) is 0.580. The lowest BCUT2D eigenvalue weighted by Crippen LogP contribution is -2.10. The summed E-state index contributed by atoms with van der Waals surface area (Å²) in [5.74, 6) is 1.56. The van der Waals surface area contributed by atoms with Crippen LogP contribution in [0.5, 0.6) is 11.5 Å². The lowest BCUT2D eigenvalue weighted by Gasteiger charge is -2.26. The molecule has 200 valence electrons. The van der Waals surface area contributed by atoms with Crippen molar-refractivity contribution < 1.29 is 9.47 Å². The highest BCUT2D eigenvalue weighted by molar-refractivity contribution is 5.80. The van der Waals surface area contributed by atoms with E-state index in [1.165, 1.54) is 22.3 Å². The van der Waals surface area contributed by atoms with Gasteiger partial charge in [-0.1, -0.05) is 103 Å². The van der Waals surface area contributed by atoms with Crippen LogP contribution in [0.2, 0.25) is 0 Å². The summed E-state index contributed by atoms with van der Waals surface area (Å²) in [5.41, 5.74) is 9.02. The van der Waals surface area contributed by atoms with Gasteiger partial charge in [0.2, 0.25) is 0 Å². The second-order valence-electron chi connectivity index (χ2n) is 9.84. The minimum Gasteiger partial charge on any atom is -0.457 e. The summed E-state index contributed by atoms with van der Waals surface area (Å²) >= 11 is 0. The van der Waals surface area contributed by atoms with Crippen LogP contribution >= 0.6 is 0 Å². The fourth-order valence-electron chi connectivity index (χ4n) is 4.96. The van der Waals surface area contributed by atoms with E-state index in [4.69, 9.17) is 9.47 Å². The fraction of sp³-hybridized carbons (Fsp3) is 0.0526. The van der Waals surface area contributed by atoms with Crippen molar-refractivity contribution in [2.24, 2.45) is 0 Å². The SMILES string of the molecule is COCc1ccc(Oc2cccc(N(c3ccc(-c4ccccc4)cc3)c3ccc(-c4ccccc4)cc3)c2)cc1. The zero-order chi connectivity index (χ0) is 27.9. The first-order valence-corrected chi connectivity index (χ1v) is 13.7. The molecule has 0 aromatic heterocycles. The fourth-order valence-corrected chi connectivity index (χ4v) is 4.96. The lowest BCUT2D eigenvalue weighted by molar-refractivity contribution is 0.185. The van der Waals surface area contributed by atoms with Crippen LogP contribution in [0.25, 0.3) is 22.3 Å². The van der Waals surface area contributed by atoms with Crippen molar-refractivity contribution in [1.82, 2.24) is 0 Å². The number of benzene rings is 6. The average molecular weight is 534 g/mol. The normalized spacial score (nSPS) is 10.8. The second kappa shape index (κ2) is 12.4. The minimum atomic E-state index is 0.580. The van der Waals surface area contributed by atoms with Gasteiger partial charge in [-0.25, -0.2) is 0 Å². The van der Waals surface area contributed by atoms with Gasteiger partial charge >= 0.3 is 0 Å². The maximum atomic E-state index is 6.26. The summed E-state index contributed by atoms with van der Waals surface area (Å²) in [5, 5.41) is 0. The summed E-state index contributed by atoms with van der Waals surface area (Å²) in [6.07, 6.45) is 0. The number of methoxy groups -OCH3 is 1. The molecule has 0 spiro atoms. The van der Waals surface area contributed by atoms with Crippen LogP contribution in [0, 0.1) is 0 Å². The Labute approximate surface area is 241 Å². The van der Waals surface area contributed by atoms with Crippen LogP contribution in [0.1, 0.15) is 5.56 Å². The average Bonchev–Trinajstić information content (AvgIpc) is 3.04. The van der Waals surface area contributed by atoms with Gasteiger partial charge in [-0.05, 0) is 76.3 Å². The van der Waals surface area contributed by atoms with E-state index in [0.717, 1.165) is 34.1 Å². The van der Waals surface area contributed by atoms with Gasteiger partial charge in [0.1, 0.15) is 11.5 Å². The predicted molar refractivity (Wildman–Crippen MR) is 169 cm³/mol. The van der Waals surface area contributed by atoms with E-state index >= 15 is 0 Å². The Balaban J connectivity index is 1.35. The standard InChI is InChI=1S/C38H31NO2/c1-40-28-29-15-25-37(26-16-29)41-38-14-8-13-36(27-38)39(34-21-17-32(18-22-34)30-9-4-2-5-10-30)35-23-19-33(20-24-35)31-11-6-3-7-12-31/h2-27H,28H2,1H3. The van der Waals surface area contributed by atoms with Gasteiger partial charge in [-0.2, -0.15) is 0 Å². The molecule has 0 N–H and O–H groups in total. The van der Waals surface area contributed by atoms with Gasteiger partial charge in [0.05, 0.1) is 6.61 Å². The zero-order valence-electron chi connectivity index (χ0n) is 23.0. The molecule has 6 aromatic carbocycles. The topological polar surface area (TPSA) is 21.7 Å². The predicted octanol–water partition coefficient (Wildman–Crippen LogP) is 10.4. The monoisotopic (exact) mass is 533 g/mol. The lowest BCUT2D eigenvalue weighted by atomic mass is 10.0. The van der Waals surface area contributed by atoms with Crippen LogP contribution in [-0.2, 0) is 11.3 Å². The smallest absolute Gasteiger partial charge is 0.129 e. The molecule has 0 fully saturated rings. The third-order valence-corrected chi connectivity index (χ3v) is 7.01. The van der Waals surface area contributed by atoms with Gasteiger partial charge in [0, 0.05) is 30.2 Å². The summed E-state index contributed by atoms with van der Waals surface area (Å²) in [4.78, 5) is 2.26. The molecule has 3 heteroatoms. The van der Waals surface area contributed by atoms with Gasteiger partial charge in [0.25, 0.3) is 0 Å². The Morgan fingerprint density at radius 3 is 1.46 bits per heavy atom. The highest BCUT2D eigenvalue weighted by atomic mass is 16.5. The third-order valence-electron chi connectivity index (χ3n) is 7.01. The molecule has 0 aliphatic heterocycles. The highest BCUT2D eigenvalue weighted by Crippen LogP contribution is 2.38. The molecule has 0 aliphatic rings. The Morgan fingerprint density at radius 1 is 0.439 bits per heavy atom. The van der Waals surface area contributed by atoms with Crippen molar-refractivity contribution in [1.29, 1.82) is 0 Å². The second-order valence-corrected chi connectivity index (χ2v) is 9.84. The van der Waals surface area contributed by atoms with Gasteiger partial charge < -0.3 is 14.4 Å². The van der Waals surface area contributed by atoms with Crippen LogP contribution in [0.4, 0.5) is 17.1 Å². The molecule has 0 atom stereocenters. The Hall–Kier alpha value is -5.12. The molecule has 0 saturated carbocycles. The molecule has 0 unspecified atom stereocenters. The van der Waals surface area contributed by atoms with E-state index in [-0.39, 0.29) is 0 Å². The zero-order valence-corrected chi connectivity index (χ0v) is 23.0. The maximum Gasteiger partial charge on any atom is 0.129 e. The first kappa shape index (κ1) is 26.1. The molecule has 6 rings (SSSR count). The number of nitrogens with zero attached hydrogens (tertiary/aromatic N) is 1. The van der Waals surface area contributed by atoms with E-state index < -0.39 is 0 Å². The van der Waals surface area contributed by atoms with Gasteiger partial charge in [0.15, 0.2) is 0 Å². The molecule has 0 amide bonds. The van der Waals surface area contributed by atoms with Crippen molar-refractivity contribution in [3.8, 4) is 33.8 Å².